The number of carbonyl (C=O) groups is 2. The molecular formula is C50H40BrN15O7S2. The van der Waals surface area contributed by atoms with Crippen molar-refractivity contribution >= 4 is 111 Å². The van der Waals surface area contributed by atoms with E-state index < -0.39 is 14.9 Å². The summed E-state index contributed by atoms with van der Waals surface area (Å²) < 4.78 is 32.4. The zero-order chi connectivity index (χ0) is 53.1. The molecule has 11 rings (SSSR count). The van der Waals surface area contributed by atoms with Gasteiger partial charge in [-0.1, -0.05) is 42.5 Å². The van der Waals surface area contributed by atoms with Crippen LogP contribution in [0.2, 0.25) is 0 Å². The molecule has 1 aliphatic rings. The van der Waals surface area contributed by atoms with E-state index >= 15 is 0 Å². The highest BCUT2D eigenvalue weighted by Crippen LogP contribution is 2.28. The fraction of sp³-hybridized carbons (Fsp3) is 0.100. The third-order valence-electron chi connectivity index (χ3n) is 11.6. The second kappa shape index (κ2) is 21.2. The maximum Gasteiger partial charge on any atom is 0.290 e. The van der Waals surface area contributed by atoms with Crippen molar-refractivity contribution in [2.45, 2.75) is 32.2 Å². The number of aryl methyl sites for hydroxylation is 3. The van der Waals surface area contributed by atoms with E-state index in [2.05, 4.69) is 56.3 Å². The van der Waals surface area contributed by atoms with Crippen molar-refractivity contribution in [3.8, 4) is 5.69 Å². The molecule has 376 valence electrons. The molecule has 0 bridgehead atoms. The Morgan fingerprint density at radius 1 is 0.867 bits per heavy atom. The van der Waals surface area contributed by atoms with Crippen LogP contribution in [0.4, 0.5) is 16.3 Å². The number of nitrogens with two attached hydrogens (primary N) is 1. The van der Waals surface area contributed by atoms with Gasteiger partial charge < -0.3 is 10.3 Å². The number of benzene rings is 4. The average Bonchev–Trinajstić information content (AvgIpc) is 4.09. The first kappa shape index (κ1) is 50.9. The van der Waals surface area contributed by atoms with Crippen LogP contribution < -0.4 is 16.6 Å². The van der Waals surface area contributed by atoms with Crippen molar-refractivity contribution in [3.05, 3.63) is 192 Å². The summed E-state index contributed by atoms with van der Waals surface area (Å²) in [5.74, 6) is 0.547. The van der Waals surface area contributed by atoms with Gasteiger partial charge in [-0.3, -0.25) is 48.8 Å². The predicted octanol–water partition coefficient (Wildman–Crippen LogP) is 7.69. The number of halogens is 1. The van der Waals surface area contributed by atoms with E-state index in [0.717, 1.165) is 60.1 Å². The summed E-state index contributed by atoms with van der Waals surface area (Å²) in [6.07, 6.45) is 12.6. The normalized spacial score (nSPS) is 13.1. The van der Waals surface area contributed by atoms with Gasteiger partial charge in [0.25, 0.3) is 32.4 Å². The summed E-state index contributed by atoms with van der Waals surface area (Å²) in [6.45, 7) is 5.78. The molecule has 1 fully saturated rings. The highest BCUT2D eigenvalue weighted by Gasteiger charge is 2.26. The minimum absolute atomic E-state index is 0.0963. The molecule has 0 unspecified atom stereocenters. The number of nitrogens with one attached hydrogen (secondary N) is 1. The number of rotatable bonds is 9. The van der Waals surface area contributed by atoms with Crippen LogP contribution in [0, 0.1) is 30.9 Å². The Morgan fingerprint density at radius 2 is 1.64 bits per heavy atom. The highest BCUT2D eigenvalue weighted by molar-refractivity contribution is 9.10. The molecule has 0 saturated carbocycles. The molecule has 7 heterocycles. The number of imide groups is 1. The number of anilines is 1. The first-order chi connectivity index (χ1) is 36.0. The number of sulfonamides is 1. The largest absolute Gasteiger partial charge is 0.382 e. The SMILES string of the molecule is Cc1ccc([N+](=O)[O-])cc1S(=O)(=O)N(C)/N=C/c1cnc2ccc(Br)cn12.Cc1ccccc1-n1c(Cn2cnc3c(N)ncnc32)nc2cccc(C)c2c1=O.O=C1NC(=O)/C(=C/c2ccc3nccnc3c2)S1. The van der Waals surface area contributed by atoms with Crippen molar-refractivity contribution in [3.63, 3.8) is 0 Å². The lowest BCUT2D eigenvalue weighted by atomic mass is 10.1. The van der Waals surface area contributed by atoms with E-state index in [1.165, 1.54) is 31.7 Å². The highest BCUT2D eigenvalue weighted by atomic mass is 79.9. The molecule has 0 atom stereocenters. The Hall–Kier alpha value is -9.07. The number of nitro benzene ring substituents is 1. The van der Waals surface area contributed by atoms with Crippen molar-refractivity contribution in [1.82, 2.24) is 58.2 Å². The Balaban J connectivity index is 0.000000142. The number of hydrogen-bond donors (Lipinski definition) is 2. The molecule has 4 aromatic carbocycles. The van der Waals surface area contributed by atoms with Gasteiger partial charge in [-0.05, 0) is 113 Å². The van der Waals surface area contributed by atoms with Crippen LogP contribution >= 0.6 is 27.7 Å². The first-order valence-electron chi connectivity index (χ1n) is 22.3. The number of nitrogen functional groups attached to an aromatic ring is 1. The first-order valence-corrected chi connectivity index (χ1v) is 25.4. The van der Waals surface area contributed by atoms with E-state index in [-0.39, 0.29) is 27.3 Å². The van der Waals surface area contributed by atoms with Gasteiger partial charge >= 0.3 is 0 Å². The van der Waals surface area contributed by atoms with Crippen molar-refractivity contribution in [1.29, 1.82) is 0 Å². The topological polar surface area (TPSA) is 287 Å². The van der Waals surface area contributed by atoms with Crippen molar-refractivity contribution in [2.24, 2.45) is 5.10 Å². The molecule has 1 aliphatic heterocycles. The van der Waals surface area contributed by atoms with Crippen LogP contribution in [-0.2, 0) is 21.4 Å². The molecule has 0 spiro atoms. The van der Waals surface area contributed by atoms with E-state index in [4.69, 9.17) is 10.7 Å². The fourth-order valence-corrected chi connectivity index (χ4v) is 10.0. The van der Waals surface area contributed by atoms with E-state index in [0.29, 0.717) is 62.1 Å². The number of non-ortho nitro benzene ring substituents is 1. The number of aromatic nitrogens is 10. The Morgan fingerprint density at radius 3 is 2.40 bits per heavy atom. The molecule has 6 aromatic heterocycles. The number of pyridine rings is 1. The van der Waals surface area contributed by atoms with Crippen LogP contribution in [0.1, 0.15) is 33.8 Å². The van der Waals surface area contributed by atoms with Gasteiger partial charge in [-0.15, -0.1) is 0 Å². The number of hydrogen-bond acceptors (Lipinski definition) is 17. The molecular weight excluding hydrogens is 1070 g/mol. The van der Waals surface area contributed by atoms with Gasteiger partial charge in [-0.25, -0.2) is 24.9 Å². The van der Waals surface area contributed by atoms with Gasteiger partial charge in [0.2, 0.25) is 0 Å². The lowest BCUT2D eigenvalue weighted by Gasteiger charge is -2.16. The molecule has 0 radical (unpaired) electrons. The van der Waals surface area contributed by atoms with Crippen molar-refractivity contribution in [2.75, 3.05) is 12.8 Å². The van der Waals surface area contributed by atoms with E-state index in [9.17, 15) is 32.9 Å². The predicted molar refractivity (Wildman–Crippen MR) is 288 cm³/mol. The zero-order valence-electron chi connectivity index (χ0n) is 39.9. The lowest BCUT2D eigenvalue weighted by Crippen LogP contribution is -2.26. The van der Waals surface area contributed by atoms with Gasteiger partial charge in [0.1, 0.15) is 23.3 Å². The average molecular weight is 1110 g/mol. The summed E-state index contributed by atoms with van der Waals surface area (Å²) in [7, 11) is -2.78. The van der Waals surface area contributed by atoms with Gasteiger partial charge in [0.05, 0.1) is 73.3 Å². The van der Waals surface area contributed by atoms with E-state index in [1.54, 1.807) is 59.1 Å². The van der Waals surface area contributed by atoms with Crippen LogP contribution in [0.15, 0.2) is 153 Å². The second-order valence-electron chi connectivity index (χ2n) is 16.5. The number of nitrogens with zero attached hydrogens (tertiary/aromatic N) is 13. The smallest absolute Gasteiger partial charge is 0.290 e. The molecule has 3 N–H and O–H groups in total. The fourth-order valence-electron chi connectivity index (χ4n) is 7.81. The second-order valence-corrected chi connectivity index (χ2v) is 20.4. The monoisotopic (exact) mass is 1110 g/mol. The van der Waals surface area contributed by atoms with Gasteiger partial charge in [0, 0.05) is 42.2 Å². The Labute approximate surface area is 438 Å². The number of para-hydroxylation sites is 1. The molecule has 75 heavy (non-hydrogen) atoms. The summed E-state index contributed by atoms with van der Waals surface area (Å²) in [5, 5.41) is 17.4. The summed E-state index contributed by atoms with van der Waals surface area (Å²) in [4.78, 5) is 76.6. The molecule has 22 nitrogen and oxygen atoms in total. The molecule has 1 saturated heterocycles. The standard InChI is InChI=1S/C22H19N7O.C16H14BrN5O4S.C12H7N3O2S/c1-13-6-3-4-9-16(13)29-17(27-15-8-5-7-14(2)18(15)22(29)30)10-28-12-26-19-20(23)24-11-25-21(19)28;1-11-3-5-13(22(23)24)7-15(11)27(25,26)20(2)19-9-14-8-18-16-6-4-12(17)10-21(14)16;16-11-10(18-12(17)15-11)6-7-1-2-8-9(5-7)14-4-3-13-8/h3-9,11-12H,10H2,1-2H3,(H2,23,24,25);3-10H,1-2H3;1-6H,(H,15,16,17)/b;19-9+;10-6-. The molecule has 2 amide bonds. The number of nitro groups is 1. The number of imidazole rings is 2. The molecule has 10 aromatic rings. The Kier molecular flexibility index (Phi) is 14.4. The minimum atomic E-state index is -4.05. The molecule has 0 aliphatic carbocycles. The maximum atomic E-state index is 13.6. The summed E-state index contributed by atoms with van der Waals surface area (Å²) >= 11 is 4.26. The van der Waals surface area contributed by atoms with Crippen LogP contribution in [0.5, 0.6) is 0 Å². The van der Waals surface area contributed by atoms with Crippen molar-refractivity contribution < 1.29 is 22.9 Å². The molecule has 25 heteroatoms. The van der Waals surface area contributed by atoms with Gasteiger partial charge in [-0.2, -0.15) is 17.9 Å². The van der Waals surface area contributed by atoms with Crippen LogP contribution in [0.25, 0.3) is 50.5 Å². The number of fused-ring (bicyclic) bond motifs is 4. The third-order valence-corrected chi connectivity index (χ3v) is 14.6. The number of amides is 2. The van der Waals surface area contributed by atoms with Crippen LogP contribution in [-0.4, -0.2) is 90.6 Å². The third kappa shape index (κ3) is 10.7. The summed E-state index contributed by atoms with van der Waals surface area (Å²) in [5.41, 5.74) is 14.0. The summed E-state index contributed by atoms with van der Waals surface area (Å²) in [6, 6.07) is 26.3. The minimum Gasteiger partial charge on any atom is -0.382 e. The maximum absolute atomic E-state index is 13.6. The van der Waals surface area contributed by atoms with E-state index in [1.807, 2.05) is 85.1 Å². The number of hydrazone groups is 1. The lowest BCUT2D eigenvalue weighted by molar-refractivity contribution is -0.385. The quantitative estimate of drug-likeness (QED) is 0.0606. The number of carbonyl (C=O) groups excluding carboxylic acids is 2. The Bertz CT molecular complexity index is 4180. The van der Waals surface area contributed by atoms with Crippen LogP contribution in [0.3, 0.4) is 0 Å². The van der Waals surface area contributed by atoms with Gasteiger partial charge in [0.15, 0.2) is 11.5 Å². The number of thioether (sulfide) groups is 1. The zero-order valence-corrected chi connectivity index (χ0v) is 43.1.